The van der Waals surface area contributed by atoms with Crippen LogP contribution in [0, 0.1) is 11.3 Å². The van der Waals surface area contributed by atoms with E-state index < -0.39 is 10.0 Å². The molecule has 0 saturated heterocycles. The number of nitriles is 1. The van der Waals surface area contributed by atoms with E-state index in [4.69, 9.17) is 5.26 Å². The zero-order valence-electron chi connectivity index (χ0n) is 8.70. The lowest BCUT2D eigenvalue weighted by Crippen LogP contribution is -2.24. The van der Waals surface area contributed by atoms with Crippen molar-refractivity contribution >= 4 is 26.0 Å². The van der Waals surface area contributed by atoms with Crippen LogP contribution in [0.25, 0.3) is 0 Å². The number of nitrogens with one attached hydrogen (secondary N) is 1. The van der Waals surface area contributed by atoms with Crippen molar-refractivity contribution in [3.8, 4) is 6.07 Å². The average molecular weight is 303 g/mol. The molecule has 0 aliphatic carbocycles. The normalized spacial score (nSPS) is 11.1. The molecular weight excluding hydrogens is 292 g/mol. The van der Waals surface area contributed by atoms with Crippen LogP contribution < -0.4 is 4.72 Å². The molecule has 0 aliphatic rings. The fourth-order valence-corrected chi connectivity index (χ4v) is 2.57. The molecule has 6 heteroatoms. The van der Waals surface area contributed by atoms with Crippen LogP contribution in [0.4, 0.5) is 0 Å². The minimum Gasteiger partial charge on any atom is -0.211 e. The van der Waals surface area contributed by atoms with Gasteiger partial charge in [-0.1, -0.05) is 6.92 Å². The second-order valence-electron chi connectivity index (χ2n) is 3.15. The Hall–Kier alpha value is -0.900. The lowest BCUT2D eigenvalue weighted by atomic mass is 10.2. The number of halogens is 1. The maximum absolute atomic E-state index is 11.7. The van der Waals surface area contributed by atoms with E-state index in [1.54, 1.807) is 6.07 Å². The molecule has 0 unspecified atom stereocenters. The van der Waals surface area contributed by atoms with Crippen LogP contribution in [-0.2, 0) is 10.0 Å². The van der Waals surface area contributed by atoms with Gasteiger partial charge in [0.1, 0.15) is 6.07 Å². The standard InChI is InChI=1S/C10H11BrN2O2S/c1-2-5-13-16(14,15)9-3-4-10(11)8(6-9)7-12/h3-4,6,13H,2,5H2,1H3. The van der Waals surface area contributed by atoms with Gasteiger partial charge in [0, 0.05) is 11.0 Å². The minimum atomic E-state index is -3.49. The first kappa shape index (κ1) is 13.2. The summed E-state index contributed by atoms with van der Waals surface area (Å²) < 4.78 is 26.5. The maximum atomic E-state index is 11.7. The molecule has 86 valence electrons. The van der Waals surface area contributed by atoms with Gasteiger partial charge in [0.15, 0.2) is 0 Å². The van der Waals surface area contributed by atoms with E-state index in [-0.39, 0.29) is 4.90 Å². The van der Waals surface area contributed by atoms with E-state index in [1.165, 1.54) is 12.1 Å². The molecule has 4 nitrogen and oxygen atoms in total. The van der Waals surface area contributed by atoms with Gasteiger partial charge in [-0.2, -0.15) is 5.26 Å². The maximum Gasteiger partial charge on any atom is 0.240 e. The van der Waals surface area contributed by atoms with Crippen LogP contribution >= 0.6 is 15.9 Å². The Morgan fingerprint density at radius 1 is 1.50 bits per heavy atom. The van der Waals surface area contributed by atoms with E-state index in [0.29, 0.717) is 16.6 Å². The van der Waals surface area contributed by atoms with Crippen molar-refractivity contribution < 1.29 is 8.42 Å². The Kier molecular flexibility index (Phi) is 4.47. The molecule has 0 amide bonds. The Morgan fingerprint density at radius 3 is 2.75 bits per heavy atom. The van der Waals surface area contributed by atoms with Gasteiger partial charge in [0.2, 0.25) is 10.0 Å². The summed E-state index contributed by atoms with van der Waals surface area (Å²) in [5, 5.41) is 8.79. The van der Waals surface area contributed by atoms with E-state index in [2.05, 4.69) is 20.7 Å². The van der Waals surface area contributed by atoms with Crippen molar-refractivity contribution in [3.63, 3.8) is 0 Å². The molecular formula is C10H11BrN2O2S. The summed E-state index contributed by atoms with van der Waals surface area (Å²) in [6.45, 7) is 2.27. The Labute approximate surface area is 103 Å². The molecule has 0 fully saturated rings. The molecule has 0 aliphatic heterocycles. The number of nitrogens with zero attached hydrogens (tertiary/aromatic N) is 1. The highest BCUT2D eigenvalue weighted by molar-refractivity contribution is 9.10. The van der Waals surface area contributed by atoms with Gasteiger partial charge in [0.25, 0.3) is 0 Å². The SMILES string of the molecule is CCCNS(=O)(=O)c1ccc(Br)c(C#N)c1. The zero-order valence-corrected chi connectivity index (χ0v) is 11.1. The average Bonchev–Trinajstić information content (AvgIpc) is 2.27. The highest BCUT2D eigenvalue weighted by Gasteiger charge is 2.14. The Morgan fingerprint density at radius 2 is 2.19 bits per heavy atom. The van der Waals surface area contributed by atoms with Crippen LogP contribution in [-0.4, -0.2) is 15.0 Å². The summed E-state index contributed by atoms with van der Waals surface area (Å²) in [4.78, 5) is 0.112. The van der Waals surface area contributed by atoms with Crippen LogP contribution in [0.2, 0.25) is 0 Å². The Bertz CT molecular complexity index is 520. The number of benzene rings is 1. The van der Waals surface area contributed by atoms with Gasteiger partial charge in [-0.15, -0.1) is 0 Å². The van der Waals surface area contributed by atoms with Crippen LogP contribution in [0.15, 0.2) is 27.6 Å². The van der Waals surface area contributed by atoms with Crippen molar-refractivity contribution in [2.24, 2.45) is 0 Å². The number of hydrogen-bond donors (Lipinski definition) is 1. The highest BCUT2D eigenvalue weighted by Crippen LogP contribution is 2.20. The van der Waals surface area contributed by atoms with Crippen molar-refractivity contribution in [2.75, 3.05) is 6.54 Å². The van der Waals surface area contributed by atoms with Crippen LogP contribution in [0.3, 0.4) is 0 Å². The molecule has 16 heavy (non-hydrogen) atoms. The fraction of sp³-hybridized carbons (Fsp3) is 0.300. The molecule has 0 spiro atoms. The second-order valence-corrected chi connectivity index (χ2v) is 5.77. The van der Waals surface area contributed by atoms with Gasteiger partial charge >= 0.3 is 0 Å². The molecule has 0 atom stereocenters. The second kappa shape index (κ2) is 5.43. The summed E-state index contributed by atoms with van der Waals surface area (Å²) in [6.07, 6.45) is 0.723. The number of rotatable bonds is 4. The minimum absolute atomic E-state index is 0.112. The molecule has 0 heterocycles. The molecule has 1 aromatic rings. The molecule has 1 rings (SSSR count). The van der Waals surface area contributed by atoms with E-state index in [9.17, 15) is 8.42 Å². The first-order valence-corrected chi connectivity index (χ1v) is 6.98. The first-order valence-electron chi connectivity index (χ1n) is 4.70. The third-order valence-electron chi connectivity index (χ3n) is 1.91. The van der Waals surface area contributed by atoms with E-state index in [0.717, 1.165) is 6.42 Å². The van der Waals surface area contributed by atoms with Gasteiger partial charge < -0.3 is 0 Å². The largest absolute Gasteiger partial charge is 0.240 e. The lowest BCUT2D eigenvalue weighted by Gasteiger charge is -2.06. The third-order valence-corrected chi connectivity index (χ3v) is 4.06. The monoisotopic (exact) mass is 302 g/mol. The Balaban J connectivity index is 3.11. The predicted octanol–water partition coefficient (Wildman–Crippen LogP) is 2.01. The topological polar surface area (TPSA) is 70.0 Å². The number of sulfonamides is 1. The summed E-state index contributed by atoms with van der Waals surface area (Å²) in [7, 11) is -3.49. The molecule has 0 saturated carbocycles. The van der Waals surface area contributed by atoms with Crippen LogP contribution in [0.1, 0.15) is 18.9 Å². The molecule has 0 bridgehead atoms. The molecule has 0 radical (unpaired) electrons. The summed E-state index contributed by atoms with van der Waals surface area (Å²) in [5.41, 5.74) is 0.305. The van der Waals surface area contributed by atoms with E-state index in [1.807, 2.05) is 13.0 Å². The predicted molar refractivity (Wildman–Crippen MR) is 64.3 cm³/mol. The van der Waals surface area contributed by atoms with Crippen molar-refractivity contribution in [1.29, 1.82) is 5.26 Å². The summed E-state index contributed by atoms with van der Waals surface area (Å²) >= 11 is 3.17. The van der Waals surface area contributed by atoms with Crippen molar-refractivity contribution in [2.45, 2.75) is 18.2 Å². The van der Waals surface area contributed by atoms with Crippen LogP contribution in [0.5, 0.6) is 0 Å². The van der Waals surface area contributed by atoms with Crippen molar-refractivity contribution in [3.05, 3.63) is 28.2 Å². The fourth-order valence-electron chi connectivity index (χ4n) is 1.08. The smallest absolute Gasteiger partial charge is 0.211 e. The van der Waals surface area contributed by atoms with E-state index >= 15 is 0 Å². The molecule has 0 aromatic heterocycles. The number of hydrogen-bond acceptors (Lipinski definition) is 3. The van der Waals surface area contributed by atoms with Gasteiger partial charge in [-0.05, 0) is 40.5 Å². The summed E-state index contributed by atoms with van der Waals surface area (Å²) in [6, 6.07) is 6.29. The lowest BCUT2D eigenvalue weighted by molar-refractivity contribution is 0.581. The summed E-state index contributed by atoms with van der Waals surface area (Å²) in [5.74, 6) is 0. The first-order chi connectivity index (χ1) is 7.51. The molecule has 1 aromatic carbocycles. The van der Waals surface area contributed by atoms with Gasteiger partial charge in [0.05, 0.1) is 10.5 Å². The van der Waals surface area contributed by atoms with Gasteiger partial charge in [-0.25, -0.2) is 13.1 Å². The zero-order chi connectivity index (χ0) is 12.2. The third kappa shape index (κ3) is 3.04. The quantitative estimate of drug-likeness (QED) is 0.925. The molecule has 1 N–H and O–H groups in total. The highest BCUT2D eigenvalue weighted by atomic mass is 79.9. The van der Waals surface area contributed by atoms with Gasteiger partial charge in [-0.3, -0.25) is 0 Å². The van der Waals surface area contributed by atoms with Crippen molar-refractivity contribution in [1.82, 2.24) is 4.72 Å².